The van der Waals surface area contributed by atoms with Crippen LogP contribution in [0.15, 0.2) is 54.9 Å². The number of unbranched alkanes of at least 4 members (excludes halogenated alkanes) is 1. The molecule has 1 heterocycles. The highest BCUT2D eigenvalue weighted by Crippen LogP contribution is 2.19. The predicted molar refractivity (Wildman–Crippen MR) is 128 cm³/mol. The monoisotopic (exact) mass is 450 g/mol. The number of amides is 2. The molecule has 0 unspecified atom stereocenters. The second-order valence-corrected chi connectivity index (χ2v) is 7.83. The molecule has 33 heavy (non-hydrogen) atoms. The highest BCUT2D eigenvalue weighted by Gasteiger charge is 2.08. The van der Waals surface area contributed by atoms with Crippen LogP contribution < -0.4 is 20.1 Å². The minimum atomic E-state index is -0.218. The third-order valence-electron chi connectivity index (χ3n) is 5.00. The third-order valence-corrected chi connectivity index (χ3v) is 5.00. The van der Waals surface area contributed by atoms with Crippen molar-refractivity contribution in [2.24, 2.45) is 0 Å². The number of carbonyl (C=O) groups excluding carboxylic acids is 2. The highest BCUT2D eigenvalue weighted by atomic mass is 16.5. The van der Waals surface area contributed by atoms with Crippen LogP contribution in [-0.4, -0.2) is 35.3 Å². The number of hydrogen-bond acceptors (Lipinski definition) is 5. The smallest absolute Gasteiger partial charge is 0.246 e. The average Bonchev–Trinajstić information content (AvgIpc) is 3.22. The molecule has 0 aliphatic carbocycles. The number of hydrogen-bond donors (Lipinski definition) is 2. The van der Waals surface area contributed by atoms with Gasteiger partial charge in [-0.25, -0.2) is 0 Å². The lowest BCUT2D eigenvalue weighted by Crippen LogP contribution is -2.19. The summed E-state index contributed by atoms with van der Waals surface area (Å²) in [5.74, 6) is 1.30. The van der Waals surface area contributed by atoms with E-state index in [-0.39, 0.29) is 18.4 Å². The van der Waals surface area contributed by atoms with E-state index in [4.69, 9.17) is 9.47 Å². The molecule has 0 aliphatic rings. The van der Waals surface area contributed by atoms with Crippen molar-refractivity contribution in [3.05, 3.63) is 66.0 Å². The van der Waals surface area contributed by atoms with Crippen molar-refractivity contribution in [2.75, 3.05) is 24.4 Å². The van der Waals surface area contributed by atoms with E-state index in [1.165, 1.54) is 10.9 Å². The summed E-state index contributed by atoms with van der Waals surface area (Å²) in [5, 5.41) is 9.75. The molecule has 8 nitrogen and oxygen atoms in total. The topological polar surface area (TPSA) is 94.5 Å². The van der Waals surface area contributed by atoms with Crippen molar-refractivity contribution in [1.29, 1.82) is 0 Å². The van der Waals surface area contributed by atoms with E-state index in [0.29, 0.717) is 30.2 Å². The molecule has 0 radical (unpaired) electrons. The number of nitrogens with one attached hydrogen (secondary N) is 2. The number of benzene rings is 2. The minimum Gasteiger partial charge on any atom is -0.497 e. The van der Waals surface area contributed by atoms with Crippen LogP contribution in [0.4, 0.5) is 11.4 Å². The first-order chi connectivity index (χ1) is 15.9. The van der Waals surface area contributed by atoms with Gasteiger partial charge in [0.1, 0.15) is 18.0 Å². The summed E-state index contributed by atoms with van der Waals surface area (Å²) in [6.07, 6.45) is 5.05. The largest absolute Gasteiger partial charge is 0.497 e. The Labute approximate surface area is 193 Å². The second kappa shape index (κ2) is 11.7. The number of aromatic nitrogens is 2. The lowest BCUT2D eigenvalue weighted by molar-refractivity contribution is -0.117. The van der Waals surface area contributed by atoms with Gasteiger partial charge in [-0.15, -0.1) is 0 Å². The zero-order chi connectivity index (χ0) is 23.6. The number of rotatable bonds is 11. The Bertz CT molecular complexity index is 1080. The second-order valence-electron chi connectivity index (χ2n) is 7.83. The molecule has 0 aliphatic heterocycles. The van der Waals surface area contributed by atoms with Crippen LogP contribution in [0.2, 0.25) is 0 Å². The van der Waals surface area contributed by atoms with E-state index in [9.17, 15) is 9.59 Å². The summed E-state index contributed by atoms with van der Waals surface area (Å²) in [6.45, 7) is 4.66. The van der Waals surface area contributed by atoms with Crippen molar-refractivity contribution in [3.63, 3.8) is 0 Å². The molecule has 8 heteroatoms. The van der Waals surface area contributed by atoms with Crippen LogP contribution in [-0.2, 0) is 16.1 Å². The van der Waals surface area contributed by atoms with E-state index in [2.05, 4.69) is 21.8 Å². The Kier molecular flexibility index (Phi) is 8.46. The number of ether oxygens (including phenoxy) is 2. The molecule has 3 aromatic rings. The quantitative estimate of drug-likeness (QED) is 0.424. The van der Waals surface area contributed by atoms with Gasteiger partial charge in [0.2, 0.25) is 11.8 Å². The number of methoxy groups -OCH3 is 1. The lowest BCUT2D eigenvalue weighted by Gasteiger charge is -2.09. The molecule has 174 valence electrons. The first kappa shape index (κ1) is 23.8. The van der Waals surface area contributed by atoms with Gasteiger partial charge in [-0.2, -0.15) is 5.10 Å². The van der Waals surface area contributed by atoms with Crippen LogP contribution >= 0.6 is 0 Å². The first-order valence-electron chi connectivity index (χ1n) is 10.9. The van der Waals surface area contributed by atoms with Crippen molar-refractivity contribution in [2.45, 2.75) is 39.7 Å². The van der Waals surface area contributed by atoms with Gasteiger partial charge < -0.3 is 20.1 Å². The Morgan fingerprint density at radius 3 is 2.48 bits per heavy atom. The number of carbonyl (C=O) groups is 2. The van der Waals surface area contributed by atoms with Gasteiger partial charge in [0.15, 0.2) is 0 Å². The fourth-order valence-corrected chi connectivity index (χ4v) is 3.19. The van der Waals surface area contributed by atoms with E-state index < -0.39 is 0 Å². The van der Waals surface area contributed by atoms with Crippen LogP contribution in [0.1, 0.15) is 30.4 Å². The van der Waals surface area contributed by atoms with Gasteiger partial charge in [0.25, 0.3) is 0 Å². The molecule has 2 N–H and O–H groups in total. The molecule has 0 fully saturated rings. The van der Waals surface area contributed by atoms with E-state index in [1.807, 2.05) is 26.0 Å². The van der Waals surface area contributed by atoms with Gasteiger partial charge >= 0.3 is 0 Å². The lowest BCUT2D eigenvalue weighted by atomic mass is 10.1. The Balaban J connectivity index is 1.35. The molecule has 3 rings (SSSR count). The van der Waals surface area contributed by atoms with Gasteiger partial charge in [-0.05, 0) is 68.1 Å². The van der Waals surface area contributed by atoms with Crippen LogP contribution in [0, 0.1) is 13.8 Å². The van der Waals surface area contributed by atoms with E-state index in [0.717, 1.165) is 29.7 Å². The maximum absolute atomic E-state index is 12.2. The molecule has 0 saturated carbocycles. The SMILES string of the molecule is COc1ccc(NC(=O)Cn2cc(NC(=O)CCCCOc3cc(C)ccc3C)cn2)cc1. The summed E-state index contributed by atoms with van der Waals surface area (Å²) < 4.78 is 12.4. The van der Waals surface area contributed by atoms with Gasteiger partial charge in [-0.1, -0.05) is 12.1 Å². The minimum absolute atomic E-state index is 0.0393. The summed E-state index contributed by atoms with van der Waals surface area (Å²) >= 11 is 0. The summed E-state index contributed by atoms with van der Waals surface area (Å²) in [7, 11) is 1.59. The van der Waals surface area contributed by atoms with E-state index in [1.54, 1.807) is 37.6 Å². The fraction of sp³-hybridized carbons (Fsp3) is 0.320. The number of nitrogens with zero attached hydrogens (tertiary/aromatic N) is 2. The van der Waals surface area contributed by atoms with Crippen LogP contribution in [0.3, 0.4) is 0 Å². The predicted octanol–water partition coefficient (Wildman–Crippen LogP) is 4.34. The molecule has 2 amide bonds. The van der Waals surface area contributed by atoms with E-state index >= 15 is 0 Å². The van der Waals surface area contributed by atoms with Gasteiger partial charge in [0.05, 0.1) is 25.6 Å². The molecule has 1 aromatic heterocycles. The Hall–Kier alpha value is -3.81. The molecule has 2 aromatic carbocycles. The first-order valence-corrected chi connectivity index (χ1v) is 10.9. The molecule has 0 saturated heterocycles. The van der Waals surface area contributed by atoms with Gasteiger partial charge in [-0.3, -0.25) is 14.3 Å². The van der Waals surface area contributed by atoms with Crippen LogP contribution in [0.25, 0.3) is 0 Å². The average molecular weight is 451 g/mol. The zero-order valence-corrected chi connectivity index (χ0v) is 19.3. The molecule has 0 spiro atoms. The zero-order valence-electron chi connectivity index (χ0n) is 19.3. The molecular formula is C25H30N4O4. The molecule has 0 bridgehead atoms. The number of anilines is 2. The van der Waals surface area contributed by atoms with Crippen molar-refractivity contribution in [3.8, 4) is 11.5 Å². The standard InChI is InChI=1S/C25H30N4O4/c1-18-7-8-19(2)23(14-18)33-13-5-4-6-24(30)28-21-15-26-29(16-21)17-25(31)27-20-9-11-22(32-3)12-10-20/h7-12,14-16H,4-6,13,17H2,1-3H3,(H,27,31)(H,28,30). The van der Waals surface area contributed by atoms with Crippen molar-refractivity contribution < 1.29 is 19.1 Å². The summed E-state index contributed by atoms with van der Waals surface area (Å²) in [6, 6.07) is 13.2. The number of aryl methyl sites for hydroxylation is 2. The van der Waals surface area contributed by atoms with Crippen molar-refractivity contribution in [1.82, 2.24) is 9.78 Å². The maximum Gasteiger partial charge on any atom is 0.246 e. The Morgan fingerprint density at radius 2 is 1.73 bits per heavy atom. The molecule has 0 atom stereocenters. The third kappa shape index (κ3) is 7.68. The summed E-state index contributed by atoms with van der Waals surface area (Å²) in [4.78, 5) is 24.4. The maximum atomic E-state index is 12.2. The fourth-order valence-electron chi connectivity index (χ4n) is 3.19. The summed E-state index contributed by atoms with van der Waals surface area (Å²) in [5.41, 5.74) is 3.49. The van der Waals surface area contributed by atoms with Gasteiger partial charge in [0, 0.05) is 18.3 Å². The van der Waals surface area contributed by atoms with Crippen LogP contribution in [0.5, 0.6) is 11.5 Å². The molecular weight excluding hydrogens is 420 g/mol. The normalized spacial score (nSPS) is 10.5. The highest BCUT2D eigenvalue weighted by molar-refractivity contribution is 5.91. The van der Waals surface area contributed by atoms with Crippen molar-refractivity contribution >= 4 is 23.2 Å². The Morgan fingerprint density at radius 1 is 0.970 bits per heavy atom.